The predicted molar refractivity (Wildman–Crippen MR) is 220 cm³/mol. The van der Waals surface area contributed by atoms with Crippen LogP contribution >= 0.6 is 0 Å². The van der Waals surface area contributed by atoms with Gasteiger partial charge in [-0.1, -0.05) is 127 Å². The summed E-state index contributed by atoms with van der Waals surface area (Å²) < 4.78 is 16.1. The van der Waals surface area contributed by atoms with Crippen LogP contribution in [0.5, 0.6) is 0 Å². The highest BCUT2D eigenvalue weighted by Crippen LogP contribution is 2.12. The number of aliphatic hydroxyl groups is 2. The molecule has 0 fully saturated rings. The molecule has 308 valence electrons. The lowest BCUT2D eigenvalue weighted by Gasteiger charge is -2.22. The van der Waals surface area contributed by atoms with E-state index in [1.165, 1.54) is 77.0 Å². The molecule has 2 atom stereocenters. The van der Waals surface area contributed by atoms with Crippen LogP contribution in [0.15, 0.2) is 48.6 Å². The Morgan fingerprint density at radius 2 is 0.962 bits per heavy atom. The minimum atomic E-state index is -1.24. The highest BCUT2D eigenvalue weighted by Gasteiger charge is 2.15. The van der Waals surface area contributed by atoms with E-state index in [0.717, 1.165) is 64.2 Å². The van der Waals surface area contributed by atoms with Crippen molar-refractivity contribution in [2.75, 3.05) is 26.4 Å². The number of carbonyl (C=O) groups is 2. The van der Waals surface area contributed by atoms with Gasteiger partial charge >= 0.3 is 11.9 Å². The number of carbonyl (C=O) groups excluding carboxylic acids is 2. The van der Waals surface area contributed by atoms with Crippen molar-refractivity contribution in [2.24, 2.45) is 0 Å². The topological polar surface area (TPSA) is 114 Å². The van der Waals surface area contributed by atoms with Gasteiger partial charge in [0, 0.05) is 18.9 Å². The SMILES string of the molecule is CCCCC/C=C\C/C=C\CCCCCCCC(=O)OCCCC(CCOC(=O)CCCCCCC/C=C\C/C=C\CCCCC)NC(O)OCCO. The summed E-state index contributed by atoms with van der Waals surface area (Å²) in [5.74, 6) is -0.373. The molecule has 8 nitrogen and oxygen atoms in total. The summed E-state index contributed by atoms with van der Waals surface area (Å²) in [6.45, 7) is 4.82. The molecule has 2 unspecified atom stereocenters. The first-order valence-electron chi connectivity index (χ1n) is 21.6. The summed E-state index contributed by atoms with van der Waals surface area (Å²) in [6.07, 6.45) is 44.6. The van der Waals surface area contributed by atoms with Crippen molar-refractivity contribution < 1.29 is 34.0 Å². The third kappa shape index (κ3) is 40.8. The Labute approximate surface area is 325 Å². The van der Waals surface area contributed by atoms with Crippen LogP contribution in [0.3, 0.4) is 0 Å². The van der Waals surface area contributed by atoms with Gasteiger partial charge in [-0.2, -0.15) is 0 Å². The molecule has 0 spiro atoms. The molecular formula is C45H81NO7. The Balaban J connectivity index is 3.99. The lowest BCUT2D eigenvalue weighted by Crippen LogP contribution is -2.41. The van der Waals surface area contributed by atoms with Gasteiger partial charge in [0.05, 0.1) is 26.4 Å². The Kier molecular flexibility index (Phi) is 40.7. The molecule has 0 bridgehead atoms. The minimum Gasteiger partial charge on any atom is -0.466 e. The second-order valence-electron chi connectivity index (χ2n) is 14.1. The zero-order valence-electron chi connectivity index (χ0n) is 34.1. The highest BCUT2D eigenvalue weighted by atomic mass is 16.6. The van der Waals surface area contributed by atoms with Crippen LogP contribution in [-0.2, 0) is 23.8 Å². The molecule has 0 radical (unpaired) electrons. The van der Waals surface area contributed by atoms with E-state index in [1.807, 2.05) is 0 Å². The number of nitrogens with one attached hydrogen (secondary N) is 1. The molecule has 0 rings (SSSR count). The molecule has 0 saturated heterocycles. The monoisotopic (exact) mass is 748 g/mol. The van der Waals surface area contributed by atoms with Gasteiger partial charge in [0.15, 0.2) is 0 Å². The second kappa shape index (κ2) is 42.5. The molecule has 0 aliphatic heterocycles. The standard InChI is InChI=1S/C45H81NO7/c1-3-5-7-9-11-13-15-17-19-21-23-25-27-29-31-35-43(48)51-39-33-34-42(46-45(50)53-41-38-47)37-40-52-44(49)36-32-30-28-26-24-22-20-18-16-14-12-10-8-6-4-2/h11-14,17-20,42,45-47,50H,3-10,15-16,21-41H2,1-2H3/b13-11-,14-12-,19-17-,20-18-. The van der Waals surface area contributed by atoms with Gasteiger partial charge in [0.25, 0.3) is 0 Å². The van der Waals surface area contributed by atoms with Crippen molar-refractivity contribution in [3.63, 3.8) is 0 Å². The smallest absolute Gasteiger partial charge is 0.305 e. The fourth-order valence-electron chi connectivity index (χ4n) is 5.86. The van der Waals surface area contributed by atoms with Gasteiger partial charge in [-0.25, -0.2) is 0 Å². The number of unbranched alkanes of at least 4 members (excludes halogenated alkanes) is 16. The van der Waals surface area contributed by atoms with Crippen LogP contribution < -0.4 is 5.32 Å². The molecule has 0 heterocycles. The van der Waals surface area contributed by atoms with Crippen LogP contribution in [0.4, 0.5) is 0 Å². The van der Waals surface area contributed by atoms with Gasteiger partial charge < -0.3 is 24.4 Å². The second-order valence-corrected chi connectivity index (χ2v) is 14.1. The molecule has 0 aliphatic carbocycles. The molecule has 0 aromatic heterocycles. The molecule has 0 aliphatic rings. The normalized spacial score (nSPS) is 13.2. The number of allylic oxidation sites excluding steroid dienone is 8. The van der Waals surface area contributed by atoms with Crippen LogP contribution in [-0.4, -0.2) is 61.0 Å². The van der Waals surface area contributed by atoms with Crippen LogP contribution in [0.1, 0.15) is 187 Å². The molecule has 0 amide bonds. The van der Waals surface area contributed by atoms with E-state index in [0.29, 0.717) is 38.7 Å². The fraction of sp³-hybridized carbons (Fsp3) is 0.778. The number of ether oxygens (including phenoxy) is 3. The average molecular weight is 748 g/mol. The van der Waals surface area contributed by atoms with Crippen molar-refractivity contribution in [1.82, 2.24) is 5.32 Å². The molecule has 3 N–H and O–H groups in total. The van der Waals surface area contributed by atoms with E-state index >= 15 is 0 Å². The number of hydrogen-bond acceptors (Lipinski definition) is 8. The number of aliphatic hydroxyl groups excluding tert-OH is 2. The molecular weight excluding hydrogens is 666 g/mol. The summed E-state index contributed by atoms with van der Waals surface area (Å²) in [4.78, 5) is 24.5. The summed E-state index contributed by atoms with van der Waals surface area (Å²) >= 11 is 0. The van der Waals surface area contributed by atoms with Crippen molar-refractivity contribution in [3.05, 3.63) is 48.6 Å². The molecule has 0 aromatic carbocycles. The first-order valence-corrected chi connectivity index (χ1v) is 21.6. The number of rotatable bonds is 40. The van der Waals surface area contributed by atoms with E-state index < -0.39 is 6.41 Å². The van der Waals surface area contributed by atoms with Gasteiger partial charge in [-0.15, -0.1) is 0 Å². The largest absolute Gasteiger partial charge is 0.466 e. The van der Waals surface area contributed by atoms with Crippen molar-refractivity contribution in [1.29, 1.82) is 0 Å². The van der Waals surface area contributed by atoms with Crippen LogP contribution in [0, 0.1) is 0 Å². The Morgan fingerprint density at radius 3 is 1.43 bits per heavy atom. The highest BCUT2D eigenvalue weighted by molar-refractivity contribution is 5.69. The Hall–Kier alpha value is -2.26. The molecule has 0 saturated carbocycles. The molecule has 8 heteroatoms. The summed E-state index contributed by atoms with van der Waals surface area (Å²) in [6, 6.07) is -0.201. The van der Waals surface area contributed by atoms with E-state index in [-0.39, 0.29) is 37.8 Å². The fourth-order valence-corrected chi connectivity index (χ4v) is 5.86. The van der Waals surface area contributed by atoms with E-state index in [4.69, 9.17) is 19.3 Å². The van der Waals surface area contributed by atoms with E-state index in [2.05, 4.69) is 67.8 Å². The quantitative estimate of drug-likeness (QED) is 0.0246. The van der Waals surface area contributed by atoms with E-state index in [1.54, 1.807) is 0 Å². The number of esters is 2. The van der Waals surface area contributed by atoms with Gasteiger partial charge in [0.1, 0.15) is 0 Å². The van der Waals surface area contributed by atoms with Crippen molar-refractivity contribution >= 4 is 11.9 Å². The zero-order valence-corrected chi connectivity index (χ0v) is 34.1. The minimum absolute atomic E-state index is 0.00914. The third-order valence-electron chi connectivity index (χ3n) is 9.10. The maximum absolute atomic E-state index is 12.3. The summed E-state index contributed by atoms with van der Waals surface area (Å²) in [5.41, 5.74) is 0. The van der Waals surface area contributed by atoms with Gasteiger partial charge in [0.2, 0.25) is 6.41 Å². The van der Waals surface area contributed by atoms with Gasteiger partial charge in [-0.05, 0) is 96.3 Å². The van der Waals surface area contributed by atoms with E-state index in [9.17, 15) is 14.7 Å². The van der Waals surface area contributed by atoms with Gasteiger partial charge in [-0.3, -0.25) is 14.9 Å². The Bertz CT molecular complexity index is 917. The van der Waals surface area contributed by atoms with Crippen LogP contribution in [0.25, 0.3) is 0 Å². The third-order valence-corrected chi connectivity index (χ3v) is 9.10. The van der Waals surface area contributed by atoms with Crippen molar-refractivity contribution in [2.45, 2.75) is 200 Å². The lowest BCUT2D eigenvalue weighted by atomic mass is 10.1. The summed E-state index contributed by atoms with van der Waals surface area (Å²) in [7, 11) is 0. The first-order chi connectivity index (χ1) is 26.0. The van der Waals surface area contributed by atoms with Crippen LogP contribution in [0.2, 0.25) is 0 Å². The predicted octanol–water partition coefficient (Wildman–Crippen LogP) is 11.1. The maximum Gasteiger partial charge on any atom is 0.305 e. The lowest BCUT2D eigenvalue weighted by molar-refractivity contribution is -0.146. The Morgan fingerprint density at radius 1 is 0.528 bits per heavy atom. The first kappa shape index (κ1) is 50.7. The molecule has 0 aromatic rings. The zero-order chi connectivity index (χ0) is 38.7. The maximum atomic E-state index is 12.3. The average Bonchev–Trinajstić information content (AvgIpc) is 3.15. The summed E-state index contributed by atoms with van der Waals surface area (Å²) in [5, 5.41) is 22.1. The molecule has 53 heavy (non-hydrogen) atoms. The number of hydrogen-bond donors (Lipinski definition) is 3. The van der Waals surface area contributed by atoms with Crippen molar-refractivity contribution in [3.8, 4) is 0 Å².